The van der Waals surface area contributed by atoms with E-state index in [1.807, 2.05) is 6.08 Å². The third-order valence-electron chi connectivity index (χ3n) is 5.89. The Bertz CT molecular complexity index is 603. The molecule has 4 heteroatoms. The summed E-state index contributed by atoms with van der Waals surface area (Å²) in [7, 11) is 0. The Labute approximate surface area is 157 Å². The van der Waals surface area contributed by atoms with Gasteiger partial charge < -0.3 is 20.3 Å². The molecule has 3 rings (SSSR count). The van der Waals surface area contributed by atoms with Crippen molar-refractivity contribution in [2.45, 2.75) is 62.5 Å². The summed E-state index contributed by atoms with van der Waals surface area (Å²) >= 11 is 0. The molecule has 1 aromatic rings. The molecule has 0 spiro atoms. The van der Waals surface area contributed by atoms with Gasteiger partial charge in [0.05, 0.1) is 32.5 Å². The summed E-state index contributed by atoms with van der Waals surface area (Å²) in [6, 6.07) is 6.90. The van der Waals surface area contributed by atoms with Crippen LogP contribution in [-0.4, -0.2) is 43.2 Å². The molecule has 4 nitrogen and oxygen atoms in total. The molecule has 26 heavy (non-hydrogen) atoms. The summed E-state index contributed by atoms with van der Waals surface area (Å²) in [5.41, 5.74) is 10.1. The molecule has 144 valence electrons. The van der Waals surface area contributed by atoms with E-state index in [0.717, 1.165) is 51.6 Å². The van der Waals surface area contributed by atoms with Crippen LogP contribution < -0.4 is 5.73 Å². The second kappa shape index (κ2) is 9.14. The average molecular weight is 360 g/mol. The second-order valence-electron chi connectivity index (χ2n) is 7.91. The Morgan fingerprint density at radius 1 is 1.23 bits per heavy atom. The predicted octanol–water partition coefficient (Wildman–Crippen LogP) is 3.11. The summed E-state index contributed by atoms with van der Waals surface area (Å²) in [5.74, 6) is 0.485. The molecular weight excluding hydrogens is 326 g/mol. The van der Waals surface area contributed by atoms with E-state index in [-0.39, 0.29) is 12.1 Å². The van der Waals surface area contributed by atoms with Crippen LogP contribution in [0.1, 0.15) is 54.7 Å². The molecule has 3 N–H and O–H groups in total. The smallest absolute Gasteiger partial charge is 0.0704 e. The first-order valence-corrected chi connectivity index (χ1v) is 9.95. The van der Waals surface area contributed by atoms with Crippen molar-refractivity contribution >= 4 is 0 Å². The molecule has 0 aromatic heterocycles. The number of aliphatic hydroxyl groups excluding tert-OH is 1. The quantitative estimate of drug-likeness (QED) is 0.525. The first-order chi connectivity index (χ1) is 12.6. The molecule has 1 aromatic carbocycles. The molecule has 0 bridgehead atoms. The van der Waals surface area contributed by atoms with E-state index in [4.69, 9.17) is 15.2 Å². The fraction of sp³-hybridized carbons (Fsp3) is 0.636. The van der Waals surface area contributed by atoms with Gasteiger partial charge in [0.25, 0.3) is 0 Å². The SMILES string of the molecule is C=CCCOCCO[C@@H]1CCc2cc([C@H]3CC[C@](N)(CO)C3)ccc2C1. The van der Waals surface area contributed by atoms with Crippen LogP contribution in [0.25, 0.3) is 0 Å². The lowest BCUT2D eigenvalue weighted by Gasteiger charge is -2.26. The van der Waals surface area contributed by atoms with E-state index < -0.39 is 0 Å². The minimum Gasteiger partial charge on any atom is -0.394 e. The van der Waals surface area contributed by atoms with Gasteiger partial charge in [-0.25, -0.2) is 0 Å². The fourth-order valence-electron chi connectivity index (χ4n) is 4.26. The summed E-state index contributed by atoms with van der Waals surface area (Å²) in [6.45, 7) is 5.82. The third kappa shape index (κ3) is 4.95. The Hall–Kier alpha value is -1.20. The maximum Gasteiger partial charge on any atom is 0.0704 e. The number of ether oxygens (including phenoxy) is 2. The van der Waals surface area contributed by atoms with Crippen molar-refractivity contribution in [3.05, 3.63) is 47.5 Å². The van der Waals surface area contributed by atoms with E-state index in [2.05, 4.69) is 24.8 Å². The summed E-state index contributed by atoms with van der Waals surface area (Å²) in [4.78, 5) is 0. The molecule has 2 aliphatic rings. The van der Waals surface area contributed by atoms with Crippen molar-refractivity contribution in [2.75, 3.05) is 26.4 Å². The molecule has 0 unspecified atom stereocenters. The summed E-state index contributed by atoms with van der Waals surface area (Å²) < 4.78 is 11.5. The van der Waals surface area contributed by atoms with E-state index in [1.165, 1.54) is 16.7 Å². The lowest BCUT2D eigenvalue weighted by molar-refractivity contribution is 0.000427. The van der Waals surface area contributed by atoms with Crippen LogP contribution in [0.2, 0.25) is 0 Å². The van der Waals surface area contributed by atoms with Gasteiger partial charge in [-0.05, 0) is 67.6 Å². The molecule has 0 radical (unpaired) electrons. The highest BCUT2D eigenvalue weighted by Crippen LogP contribution is 2.40. The maximum atomic E-state index is 9.49. The molecule has 0 aliphatic heterocycles. The van der Waals surface area contributed by atoms with Gasteiger partial charge in [-0.1, -0.05) is 24.3 Å². The van der Waals surface area contributed by atoms with Crippen molar-refractivity contribution in [1.29, 1.82) is 0 Å². The largest absolute Gasteiger partial charge is 0.394 e. The van der Waals surface area contributed by atoms with Crippen molar-refractivity contribution in [3.8, 4) is 0 Å². The van der Waals surface area contributed by atoms with Crippen LogP contribution in [0.5, 0.6) is 0 Å². The average Bonchev–Trinajstić information content (AvgIpc) is 3.07. The van der Waals surface area contributed by atoms with Crippen LogP contribution in [0, 0.1) is 0 Å². The highest BCUT2D eigenvalue weighted by Gasteiger charge is 2.36. The van der Waals surface area contributed by atoms with E-state index >= 15 is 0 Å². The number of nitrogens with two attached hydrogens (primary N) is 1. The van der Waals surface area contributed by atoms with Gasteiger partial charge in [-0.2, -0.15) is 0 Å². The lowest BCUT2D eigenvalue weighted by Crippen LogP contribution is -2.40. The zero-order chi connectivity index (χ0) is 18.4. The number of hydrogen-bond donors (Lipinski definition) is 2. The summed E-state index contributed by atoms with van der Waals surface area (Å²) in [6.07, 6.45) is 9.08. The Morgan fingerprint density at radius 2 is 2.12 bits per heavy atom. The van der Waals surface area contributed by atoms with Crippen molar-refractivity contribution in [2.24, 2.45) is 5.73 Å². The van der Waals surface area contributed by atoms with Gasteiger partial charge in [0.1, 0.15) is 0 Å². The number of aliphatic hydroxyl groups is 1. The number of fused-ring (bicyclic) bond motifs is 1. The van der Waals surface area contributed by atoms with Gasteiger partial charge in [0.15, 0.2) is 0 Å². The van der Waals surface area contributed by atoms with Gasteiger partial charge in [0, 0.05) is 5.54 Å². The Kier molecular flexibility index (Phi) is 6.87. The fourth-order valence-corrected chi connectivity index (χ4v) is 4.26. The van der Waals surface area contributed by atoms with Gasteiger partial charge >= 0.3 is 0 Å². The molecule has 0 saturated heterocycles. The predicted molar refractivity (Wildman–Crippen MR) is 104 cm³/mol. The normalized spacial score (nSPS) is 28.1. The number of benzene rings is 1. The monoisotopic (exact) mass is 359 g/mol. The van der Waals surface area contributed by atoms with Crippen LogP contribution >= 0.6 is 0 Å². The zero-order valence-corrected chi connectivity index (χ0v) is 15.8. The van der Waals surface area contributed by atoms with Crippen molar-refractivity contribution in [3.63, 3.8) is 0 Å². The highest BCUT2D eigenvalue weighted by molar-refractivity contribution is 5.36. The lowest BCUT2D eigenvalue weighted by atomic mass is 9.85. The van der Waals surface area contributed by atoms with Crippen LogP contribution in [-0.2, 0) is 22.3 Å². The highest BCUT2D eigenvalue weighted by atomic mass is 16.5. The number of rotatable bonds is 9. The van der Waals surface area contributed by atoms with Crippen LogP contribution in [0.15, 0.2) is 30.9 Å². The van der Waals surface area contributed by atoms with Gasteiger partial charge in [-0.3, -0.25) is 0 Å². The Morgan fingerprint density at radius 3 is 2.88 bits per heavy atom. The Balaban J connectivity index is 1.49. The van der Waals surface area contributed by atoms with E-state index in [1.54, 1.807) is 0 Å². The van der Waals surface area contributed by atoms with Crippen LogP contribution in [0.4, 0.5) is 0 Å². The minimum absolute atomic E-state index is 0.0881. The number of hydrogen-bond acceptors (Lipinski definition) is 4. The molecule has 0 heterocycles. The molecule has 3 atom stereocenters. The first-order valence-electron chi connectivity index (χ1n) is 9.95. The number of aryl methyl sites for hydroxylation is 1. The topological polar surface area (TPSA) is 64.7 Å². The molecular formula is C22H33NO3. The van der Waals surface area contributed by atoms with Crippen molar-refractivity contribution in [1.82, 2.24) is 0 Å². The summed E-state index contributed by atoms with van der Waals surface area (Å²) in [5, 5.41) is 9.49. The molecule has 1 fully saturated rings. The minimum atomic E-state index is -0.382. The van der Waals surface area contributed by atoms with Gasteiger partial charge in [0.2, 0.25) is 0 Å². The molecule has 1 saturated carbocycles. The molecule has 2 aliphatic carbocycles. The second-order valence-corrected chi connectivity index (χ2v) is 7.91. The third-order valence-corrected chi connectivity index (χ3v) is 5.89. The standard InChI is InChI=1S/C22H33NO3/c1-2-3-10-25-11-12-26-21-7-6-17-13-18(4-5-19(17)14-21)20-8-9-22(23,15-20)16-24/h2,4-5,13,20-21,24H,1,3,6-12,14-16,23H2/t20-,21+,22+/m0/s1. The van der Waals surface area contributed by atoms with Crippen molar-refractivity contribution < 1.29 is 14.6 Å². The maximum absolute atomic E-state index is 9.49. The van der Waals surface area contributed by atoms with Crippen LogP contribution in [0.3, 0.4) is 0 Å². The molecule has 0 amide bonds. The van der Waals surface area contributed by atoms with E-state index in [0.29, 0.717) is 25.2 Å². The van der Waals surface area contributed by atoms with Gasteiger partial charge in [-0.15, -0.1) is 6.58 Å². The zero-order valence-electron chi connectivity index (χ0n) is 15.8. The first kappa shape index (κ1) is 19.6. The van der Waals surface area contributed by atoms with E-state index in [9.17, 15) is 5.11 Å².